The van der Waals surface area contributed by atoms with Crippen LogP contribution in [0.3, 0.4) is 0 Å². The molecule has 0 aliphatic rings. The van der Waals surface area contributed by atoms with Crippen molar-refractivity contribution in [3.05, 3.63) is 60.8 Å². The lowest BCUT2D eigenvalue weighted by Gasteiger charge is -2.14. The monoisotopic (exact) mass is 283 g/mol. The average Bonchev–Trinajstić information content (AvgIpc) is 3.01. The Bertz CT molecular complexity index is 693. The van der Waals surface area contributed by atoms with Gasteiger partial charge in [0.15, 0.2) is 0 Å². The lowest BCUT2D eigenvalue weighted by molar-refractivity contribution is 0.0632. The van der Waals surface area contributed by atoms with Crippen molar-refractivity contribution in [2.24, 2.45) is 0 Å². The van der Waals surface area contributed by atoms with Crippen LogP contribution in [0.2, 0.25) is 0 Å². The third kappa shape index (κ3) is 3.35. The first-order chi connectivity index (χ1) is 10.3. The van der Waals surface area contributed by atoms with Crippen LogP contribution in [0.1, 0.15) is 0 Å². The first kappa shape index (κ1) is 13.5. The molecule has 0 amide bonds. The lowest BCUT2D eigenvalue weighted by Crippen LogP contribution is -2.25. The van der Waals surface area contributed by atoms with Crippen LogP contribution in [0.25, 0.3) is 10.9 Å². The predicted molar refractivity (Wildman–Crippen MR) is 81.7 cm³/mol. The topological polar surface area (TPSA) is 54.5 Å². The van der Waals surface area contributed by atoms with Crippen LogP contribution in [-0.2, 0) is 0 Å². The number of aromatic nitrogens is 1. The minimum absolute atomic E-state index is 0.192. The highest BCUT2D eigenvalue weighted by Crippen LogP contribution is 2.24. The predicted octanol–water partition coefficient (Wildman–Crippen LogP) is 2.99. The summed E-state index contributed by atoms with van der Waals surface area (Å²) in [7, 11) is 0. The molecule has 1 atom stereocenters. The summed E-state index contributed by atoms with van der Waals surface area (Å²) < 4.78 is 11.2. The number of rotatable bonds is 6. The minimum atomic E-state index is -0.681. The Morgan fingerprint density at radius 2 is 1.71 bits per heavy atom. The average molecular weight is 283 g/mol. The number of aliphatic hydroxyl groups excluding tert-OH is 1. The highest BCUT2D eigenvalue weighted by Gasteiger charge is 2.08. The number of ether oxygens (including phenoxy) is 2. The van der Waals surface area contributed by atoms with Crippen LogP contribution < -0.4 is 9.47 Å². The lowest BCUT2D eigenvalue weighted by atomic mass is 10.2. The van der Waals surface area contributed by atoms with E-state index in [0.29, 0.717) is 0 Å². The number of hydrogen-bond acceptors (Lipinski definition) is 3. The third-order valence-electron chi connectivity index (χ3n) is 3.17. The largest absolute Gasteiger partial charge is 0.491 e. The van der Waals surface area contributed by atoms with E-state index in [9.17, 15) is 5.11 Å². The van der Waals surface area contributed by atoms with Crippen LogP contribution in [0.4, 0.5) is 0 Å². The molecule has 4 nitrogen and oxygen atoms in total. The van der Waals surface area contributed by atoms with E-state index in [1.165, 1.54) is 0 Å². The number of aromatic amines is 1. The van der Waals surface area contributed by atoms with Gasteiger partial charge in [-0.2, -0.15) is 0 Å². The van der Waals surface area contributed by atoms with Gasteiger partial charge in [0, 0.05) is 17.1 Å². The summed E-state index contributed by atoms with van der Waals surface area (Å²) in [5, 5.41) is 10.9. The summed E-state index contributed by atoms with van der Waals surface area (Å²) in [6.45, 7) is 0.393. The maximum absolute atomic E-state index is 9.94. The van der Waals surface area contributed by atoms with Gasteiger partial charge in [-0.3, -0.25) is 0 Å². The third-order valence-corrected chi connectivity index (χ3v) is 3.17. The second kappa shape index (κ2) is 6.33. The Morgan fingerprint density at radius 3 is 2.57 bits per heavy atom. The Kier molecular flexibility index (Phi) is 4.07. The zero-order chi connectivity index (χ0) is 14.5. The van der Waals surface area contributed by atoms with Crippen LogP contribution in [0.15, 0.2) is 60.8 Å². The molecule has 0 fully saturated rings. The molecule has 3 aromatic rings. The summed E-state index contributed by atoms with van der Waals surface area (Å²) in [6, 6.07) is 17.2. The molecule has 3 rings (SSSR count). The Hall–Kier alpha value is -2.46. The maximum atomic E-state index is 9.94. The van der Waals surface area contributed by atoms with Crippen LogP contribution in [-0.4, -0.2) is 29.4 Å². The molecule has 1 aromatic heterocycles. The van der Waals surface area contributed by atoms with Crippen molar-refractivity contribution < 1.29 is 14.6 Å². The van der Waals surface area contributed by atoms with Crippen molar-refractivity contribution >= 4 is 10.9 Å². The Balaban J connectivity index is 1.54. The fraction of sp³-hybridized carbons (Fsp3) is 0.176. The van der Waals surface area contributed by atoms with Gasteiger partial charge >= 0.3 is 0 Å². The molecule has 21 heavy (non-hydrogen) atoms. The highest BCUT2D eigenvalue weighted by atomic mass is 16.5. The summed E-state index contributed by atoms with van der Waals surface area (Å²) in [4.78, 5) is 3.13. The van der Waals surface area contributed by atoms with E-state index >= 15 is 0 Å². The van der Waals surface area contributed by atoms with Crippen molar-refractivity contribution in [3.8, 4) is 11.5 Å². The molecule has 0 aliphatic carbocycles. The molecule has 0 spiro atoms. The van der Waals surface area contributed by atoms with Gasteiger partial charge in [0.2, 0.25) is 0 Å². The van der Waals surface area contributed by atoms with Gasteiger partial charge in [0.25, 0.3) is 0 Å². The highest BCUT2D eigenvalue weighted by molar-refractivity contribution is 5.85. The first-order valence-corrected chi connectivity index (χ1v) is 6.88. The fourth-order valence-corrected chi connectivity index (χ4v) is 2.13. The summed E-state index contributed by atoms with van der Waals surface area (Å²) >= 11 is 0. The van der Waals surface area contributed by atoms with Gasteiger partial charge in [-0.1, -0.05) is 24.3 Å². The molecule has 0 saturated carbocycles. The molecular weight excluding hydrogens is 266 g/mol. The normalized spacial score (nSPS) is 12.2. The van der Waals surface area contributed by atoms with Gasteiger partial charge in [0.05, 0.1) is 0 Å². The van der Waals surface area contributed by atoms with Gasteiger partial charge in [-0.15, -0.1) is 0 Å². The van der Waals surface area contributed by atoms with Crippen LogP contribution >= 0.6 is 0 Å². The summed E-state index contributed by atoms with van der Waals surface area (Å²) in [5.74, 6) is 1.50. The standard InChI is InChI=1S/C17H17NO3/c19-13(11-20-14-5-2-1-3-6-14)12-21-17-8-4-7-16-15(17)9-10-18-16/h1-10,13,18-19H,11-12H2. The molecule has 0 bridgehead atoms. The molecule has 0 radical (unpaired) electrons. The Morgan fingerprint density at radius 1 is 0.905 bits per heavy atom. The fourth-order valence-electron chi connectivity index (χ4n) is 2.13. The van der Waals surface area contributed by atoms with Crippen LogP contribution in [0, 0.1) is 0 Å². The van der Waals surface area contributed by atoms with Crippen molar-refractivity contribution in [1.82, 2.24) is 4.98 Å². The second-order valence-electron chi connectivity index (χ2n) is 4.78. The molecule has 0 saturated heterocycles. The van der Waals surface area contributed by atoms with Crippen molar-refractivity contribution in [1.29, 1.82) is 0 Å². The molecule has 2 N–H and O–H groups in total. The number of aliphatic hydroxyl groups is 1. The van der Waals surface area contributed by atoms with Crippen molar-refractivity contribution in [2.75, 3.05) is 13.2 Å². The second-order valence-corrected chi connectivity index (χ2v) is 4.78. The summed E-state index contributed by atoms with van der Waals surface area (Å²) in [6.07, 6.45) is 1.19. The molecule has 4 heteroatoms. The summed E-state index contributed by atoms with van der Waals surface area (Å²) in [5.41, 5.74) is 1.02. The van der Waals surface area contributed by atoms with Gasteiger partial charge in [-0.05, 0) is 30.3 Å². The number of nitrogens with one attached hydrogen (secondary N) is 1. The van der Waals surface area contributed by atoms with Crippen molar-refractivity contribution in [3.63, 3.8) is 0 Å². The van der Waals surface area contributed by atoms with Crippen LogP contribution in [0.5, 0.6) is 11.5 Å². The first-order valence-electron chi connectivity index (χ1n) is 6.88. The SMILES string of the molecule is OC(COc1ccccc1)COc1cccc2[nH]ccc12. The molecular formula is C17H17NO3. The zero-order valence-electron chi connectivity index (χ0n) is 11.5. The smallest absolute Gasteiger partial charge is 0.128 e. The minimum Gasteiger partial charge on any atom is -0.491 e. The molecule has 1 heterocycles. The van der Waals surface area contributed by atoms with Gasteiger partial charge in [-0.25, -0.2) is 0 Å². The number of benzene rings is 2. The number of hydrogen-bond donors (Lipinski definition) is 2. The van der Waals surface area contributed by atoms with E-state index in [1.54, 1.807) is 0 Å². The van der Waals surface area contributed by atoms with E-state index in [0.717, 1.165) is 22.4 Å². The van der Waals surface area contributed by atoms with E-state index in [2.05, 4.69) is 4.98 Å². The van der Waals surface area contributed by atoms with Crippen molar-refractivity contribution in [2.45, 2.75) is 6.10 Å². The molecule has 2 aromatic carbocycles. The number of H-pyrrole nitrogens is 1. The maximum Gasteiger partial charge on any atom is 0.128 e. The Labute approximate surface area is 122 Å². The van der Waals surface area contributed by atoms with E-state index in [-0.39, 0.29) is 13.2 Å². The molecule has 0 aliphatic heterocycles. The molecule has 1 unspecified atom stereocenters. The van der Waals surface area contributed by atoms with Gasteiger partial charge < -0.3 is 19.6 Å². The number of para-hydroxylation sites is 1. The van der Waals surface area contributed by atoms with E-state index in [1.807, 2.05) is 60.8 Å². The van der Waals surface area contributed by atoms with E-state index in [4.69, 9.17) is 9.47 Å². The van der Waals surface area contributed by atoms with E-state index < -0.39 is 6.10 Å². The quantitative estimate of drug-likeness (QED) is 0.731. The zero-order valence-corrected chi connectivity index (χ0v) is 11.5. The molecule has 108 valence electrons. The number of fused-ring (bicyclic) bond motifs is 1. The van der Waals surface area contributed by atoms with Gasteiger partial charge in [0.1, 0.15) is 30.8 Å².